The Morgan fingerprint density at radius 1 is 1.00 bits per heavy atom. The Morgan fingerprint density at radius 2 is 1.64 bits per heavy atom. The molecular weight excluding hydrogens is 354 g/mol. The van der Waals surface area contributed by atoms with Crippen molar-refractivity contribution in [2.24, 2.45) is 23.6 Å². The first-order valence-electron chi connectivity index (χ1n) is 12.3. The highest BCUT2D eigenvalue weighted by atomic mass is 16.2. The second kappa shape index (κ2) is 7.43. The van der Waals surface area contributed by atoms with Crippen LogP contribution >= 0.6 is 0 Å². The van der Waals surface area contributed by atoms with Gasteiger partial charge in [-0.2, -0.15) is 0 Å². The first kappa shape index (κ1) is 14.0. The zero-order chi connectivity index (χ0) is 22.7. The van der Waals surface area contributed by atoms with Gasteiger partial charge in [0.2, 0.25) is 17.8 Å². The number of carbonyl (C=O) groups is 2. The number of hydrogen-bond donors (Lipinski definition) is 0. The molecule has 0 N–H and O–H groups in total. The second-order valence-electron chi connectivity index (χ2n) is 8.08. The van der Waals surface area contributed by atoms with Gasteiger partial charge in [0.05, 0.1) is 11.8 Å². The fourth-order valence-corrected chi connectivity index (χ4v) is 5.10. The predicted molar refractivity (Wildman–Crippen MR) is 104 cm³/mol. The highest BCUT2D eigenvalue weighted by Crippen LogP contribution is 2.56. The normalized spacial score (nSPS) is 40.3. The van der Waals surface area contributed by atoms with E-state index in [0.29, 0.717) is 45.0 Å². The third kappa shape index (κ3) is 3.09. The lowest BCUT2D eigenvalue weighted by atomic mass is 9.81. The van der Waals surface area contributed by atoms with E-state index in [-0.39, 0.29) is 24.8 Å². The molecule has 1 aromatic rings. The summed E-state index contributed by atoms with van der Waals surface area (Å²) in [5.74, 6) is -4.15. The maximum Gasteiger partial charge on any atom is 0.233 e. The molecule has 4 atom stereocenters. The van der Waals surface area contributed by atoms with Crippen molar-refractivity contribution >= 4 is 17.8 Å². The minimum absolute atomic E-state index is 0.0791. The third-order valence-electron chi connectivity index (χ3n) is 6.50. The van der Waals surface area contributed by atoms with Crippen molar-refractivity contribution in [1.29, 1.82) is 0 Å². The molecule has 5 rings (SSSR count). The van der Waals surface area contributed by atoms with Crippen LogP contribution in [0.4, 0.5) is 5.95 Å². The van der Waals surface area contributed by atoms with Gasteiger partial charge in [-0.1, -0.05) is 0 Å². The number of imide groups is 1. The van der Waals surface area contributed by atoms with Gasteiger partial charge < -0.3 is 4.90 Å². The SMILES string of the molecule is [2H]C([2H])(CCCN1C(=O)[C@@]2([2H])[C@@H]3CC[C@H](C3)[C@@]2([2H])C1=O)N1CCN(c2ncccn2)CC1. The van der Waals surface area contributed by atoms with Crippen molar-refractivity contribution in [3.8, 4) is 0 Å². The lowest BCUT2D eigenvalue weighted by molar-refractivity contribution is -0.140. The average molecular weight is 388 g/mol. The van der Waals surface area contributed by atoms with Crippen LogP contribution in [-0.4, -0.2) is 70.8 Å². The summed E-state index contributed by atoms with van der Waals surface area (Å²) in [4.78, 5) is 39.4. The molecule has 2 saturated carbocycles. The van der Waals surface area contributed by atoms with E-state index in [4.69, 9.17) is 5.48 Å². The number of hydrogen-bond acceptors (Lipinski definition) is 6. The molecule has 3 heterocycles. The van der Waals surface area contributed by atoms with Crippen LogP contribution in [0.3, 0.4) is 0 Å². The molecule has 4 aliphatic rings. The van der Waals surface area contributed by atoms with Gasteiger partial charge in [-0.05, 0) is 56.5 Å². The van der Waals surface area contributed by atoms with Crippen molar-refractivity contribution in [3.63, 3.8) is 0 Å². The van der Waals surface area contributed by atoms with E-state index in [1.165, 1.54) is 0 Å². The number of carbonyl (C=O) groups excluding carboxylic acids is 2. The van der Waals surface area contributed by atoms with Crippen LogP contribution in [-0.2, 0) is 9.59 Å². The number of rotatable bonds is 6. The summed E-state index contributed by atoms with van der Waals surface area (Å²) in [6.07, 6.45) is 5.98. The van der Waals surface area contributed by atoms with Crippen molar-refractivity contribution in [1.82, 2.24) is 19.8 Å². The molecule has 2 amide bonds. The van der Waals surface area contributed by atoms with Crippen LogP contribution in [0.2, 0.25) is 0 Å². The molecule has 1 aromatic heterocycles. The average Bonchev–Trinajstić information content (AvgIpc) is 3.42. The Labute approximate surface area is 171 Å². The number of aromatic nitrogens is 2. The molecule has 2 saturated heterocycles. The molecule has 150 valence electrons. The Kier molecular flexibility index (Phi) is 3.72. The van der Waals surface area contributed by atoms with Gasteiger partial charge in [0.1, 0.15) is 0 Å². The number of amides is 2. The summed E-state index contributed by atoms with van der Waals surface area (Å²) < 4.78 is 34.6. The quantitative estimate of drug-likeness (QED) is 0.688. The van der Waals surface area contributed by atoms with E-state index >= 15 is 0 Å². The van der Waals surface area contributed by atoms with E-state index in [1.54, 1.807) is 23.4 Å². The van der Waals surface area contributed by atoms with Gasteiger partial charge in [-0.3, -0.25) is 19.4 Å². The number of fused-ring (bicyclic) bond motifs is 5. The molecule has 0 unspecified atom stereocenters. The van der Waals surface area contributed by atoms with E-state index in [2.05, 4.69) is 9.97 Å². The molecule has 7 heteroatoms. The molecule has 2 aliphatic carbocycles. The van der Waals surface area contributed by atoms with Crippen molar-refractivity contribution in [2.45, 2.75) is 32.1 Å². The van der Waals surface area contributed by atoms with Gasteiger partial charge in [0.25, 0.3) is 0 Å². The van der Waals surface area contributed by atoms with Crippen LogP contribution in [0.5, 0.6) is 0 Å². The summed E-state index contributed by atoms with van der Waals surface area (Å²) in [5, 5.41) is 0. The van der Waals surface area contributed by atoms with E-state index in [0.717, 1.165) is 17.7 Å². The summed E-state index contributed by atoms with van der Waals surface area (Å²) in [7, 11) is 0. The molecule has 0 spiro atoms. The second-order valence-corrected chi connectivity index (χ2v) is 8.08. The lowest BCUT2D eigenvalue weighted by Crippen LogP contribution is -2.47. The molecule has 0 aromatic carbocycles. The number of likely N-dealkylation sites (tertiary alicyclic amines) is 1. The Balaban J connectivity index is 1.17. The van der Waals surface area contributed by atoms with Crippen molar-refractivity contribution in [2.75, 3.05) is 44.1 Å². The van der Waals surface area contributed by atoms with Crippen LogP contribution in [0, 0.1) is 23.6 Å². The maximum absolute atomic E-state index is 13.0. The fourth-order valence-electron chi connectivity index (χ4n) is 5.10. The monoisotopic (exact) mass is 387 g/mol. The van der Waals surface area contributed by atoms with Crippen LogP contribution in [0.1, 0.15) is 37.6 Å². The molecule has 28 heavy (non-hydrogen) atoms. The van der Waals surface area contributed by atoms with Crippen LogP contribution in [0.25, 0.3) is 0 Å². The highest BCUT2D eigenvalue weighted by Gasteiger charge is 2.60. The Morgan fingerprint density at radius 3 is 2.29 bits per heavy atom. The smallest absolute Gasteiger partial charge is 0.233 e. The van der Waals surface area contributed by atoms with Crippen molar-refractivity contribution < 1.29 is 15.1 Å². The number of anilines is 1. The summed E-state index contributed by atoms with van der Waals surface area (Å²) in [6.45, 7) is 0.817. The summed E-state index contributed by atoms with van der Waals surface area (Å²) in [5.41, 5.74) is 0. The van der Waals surface area contributed by atoms with Gasteiger partial charge in [0.15, 0.2) is 0 Å². The van der Waals surface area contributed by atoms with Gasteiger partial charge in [-0.15, -0.1) is 0 Å². The maximum atomic E-state index is 13.0. The lowest BCUT2D eigenvalue weighted by Gasteiger charge is -2.34. The first-order valence-corrected chi connectivity index (χ1v) is 10.3. The number of nitrogens with zero attached hydrogens (tertiary/aromatic N) is 5. The number of piperazine rings is 1. The molecule has 2 bridgehead atoms. The predicted octanol–water partition coefficient (Wildman–Crippen LogP) is 1.41. The van der Waals surface area contributed by atoms with E-state index in [1.807, 2.05) is 4.90 Å². The van der Waals surface area contributed by atoms with Gasteiger partial charge in [0, 0.05) is 50.6 Å². The molecule has 0 radical (unpaired) electrons. The highest BCUT2D eigenvalue weighted by molar-refractivity contribution is 6.06. The minimum Gasteiger partial charge on any atom is -0.338 e. The Bertz CT molecular complexity index is 879. The van der Waals surface area contributed by atoms with E-state index in [9.17, 15) is 9.59 Å². The van der Waals surface area contributed by atoms with Gasteiger partial charge >= 0.3 is 0 Å². The van der Waals surface area contributed by atoms with Crippen LogP contribution < -0.4 is 4.90 Å². The third-order valence-corrected chi connectivity index (χ3v) is 6.50. The van der Waals surface area contributed by atoms with Crippen molar-refractivity contribution in [3.05, 3.63) is 18.5 Å². The molecule has 4 fully saturated rings. The Hall–Kier alpha value is -2.02. The standard InChI is InChI=1S/C21H29N5O2/c27-19-17-15-4-5-16(14-15)18(17)20(28)26(19)9-2-1-8-24-10-12-25(13-11-24)21-22-6-3-7-23-21/h3,6-7,15-18H,1-2,4-5,8-14H2/t15-,16-,17-,18+/m1/s1/i8D2,17D,18D. The largest absolute Gasteiger partial charge is 0.338 e. The summed E-state index contributed by atoms with van der Waals surface area (Å²) in [6, 6.07) is 1.76. The molecular formula is C21H29N5O2. The fraction of sp³-hybridized carbons (Fsp3) is 0.714. The zero-order valence-electron chi connectivity index (χ0n) is 20.0. The van der Waals surface area contributed by atoms with Crippen LogP contribution in [0.15, 0.2) is 18.5 Å². The minimum atomic E-state index is -1.65. The topological polar surface area (TPSA) is 69.6 Å². The summed E-state index contributed by atoms with van der Waals surface area (Å²) >= 11 is 0. The van der Waals surface area contributed by atoms with E-state index < -0.39 is 30.1 Å². The molecule has 2 aliphatic heterocycles. The first-order chi connectivity index (χ1) is 15.2. The zero-order valence-corrected chi connectivity index (χ0v) is 16.0. The van der Waals surface area contributed by atoms with Gasteiger partial charge in [-0.25, -0.2) is 9.97 Å². The molecule has 7 nitrogen and oxygen atoms in total.